The highest BCUT2D eigenvalue weighted by atomic mass is 16.5. The van der Waals surface area contributed by atoms with Gasteiger partial charge in [-0.05, 0) is 64.1 Å². The van der Waals surface area contributed by atoms with E-state index in [1.807, 2.05) is 6.07 Å². The molecule has 0 radical (unpaired) electrons. The lowest BCUT2D eigenvalue weighted by Crippen LogP contribution is -2.56. The number of hydrogen-bond acceptors (Lipinski definition) is 6. The Balaban J connectivity index is 1.48. The van der Waals surface area contributed by atoms with E-state index in [-0.39, 0.29) is 28.8 Å². The van der Waals surface area contributed by atoms with E-state index in [1.165, 1.54) is 31.9 Å². The summed E-state index contributed by atoms with van der Waals surface area (Å²) in [6, 6.07) is 12.7. The van der Waals surface area contributed by atoms with Gasteiger partial charge >= 0.3 is 6.03 Å². The van der Waals surface area contributed by atoms with Crippen LogP contribution in [0.2, 0.25) is 0 Å². The van der Waals surface area contributed by atoms with Crippen molar-refractivity contribution in [2.45, 2.75) is 56.0 Å². The molecule has 1 spiro atoms. The average Bonchev–Trinajstić information content (AvgIpc) is 3.12. The van der Waals surface area contributed by atoms with Gasteiger partial charge in [0.2, 0.25) is 11.7 Å². The average molecular weight is 475 g/mol. The lowest BCUT2D eigenvalue weighted by atomic mass is 9.68. The number of anilines is 1. The molecule has 8 nitrogen and oxygen atoms in total. The van der Waals surface area contributed by atoms with Gasteiger partial charge in [-0.15, -0.1) is 0 Å². The first-order valence-electron chi connectivity index (χ1n) is 12.6. The second-order valence-electron chi connectivity index (χ2n) is 10.5. The van der Waals surface area contributed by atoms with E-state index in [4.69, 9.17) is 4.74 Å². The number of methoxy groups -OCH3 is 1. The lowest BCUT2D eigenvalue weighted by Gasteiger charge is -2.51. The number of amides is 2. The molecule has 5 rings (SSSR count). The lowest BCUT2D eigenvalue weighted by molar-refractivity contribution is 0.0172. The fraction of sp³-hybridized carbons (Fsp3) is 0.556. The Labute approximate surface area is 207 Å². The van der Waals surface area contributed by atoms with Crippen LogP contribution >= 0.6 is 0 Å². The van der Waals surface area contributed by atoms with Gasteiger partial charge in [0.15, 0.2) is 0 Å². The van der Waals surface area contributed by atoms with E-state index in [0.29, 0.717) is 18.2 Å². The fourth-order valence-electron chi connectivity index (χ4n) is 6.24. The van der Waals surface area contributed by atoms with Gasteiger partial charge in [-0.25, -0.2) is 9.78 Å². The topological polar surface area (TPSA) is 85.6 Å². The maximum Gasteiger partial charge on any atom is 0.325 e. The molecule has 1 aromatic carbocycles. The molecule has 184 valence electrons. The maximum absolute atomic E-state index is 13.9. The first-order chi connectivity index (χ1) is 16.9. The van der Waals surface area contributed by atoms with Crippen LogP contribution in [0.3, 0.4) is 0 Å². The molecule has 1 aliphatic heterocycles. The Bertz CT molecular complexity index is 1120. The highest BCUT2D eigenvalue weighted by Crippen LogP contribution is 2.50. The number of rotatable bonds is 6. The minimum atomic E-state index is -0.236. The smallest absolute Gasteiger partial charge is 0.325 e. The molecule has 1 aromatic heterocycles. The molecule has 3 aliphatic rings. The van der Waals surface area contributed by atoms with Crippen LogP contribution in [0.25, 0.3) is 0 Å². The van der Waals surface area contributed by atoms with Crippen LogP contribution in [0.5, 0.6) is 5.88 Å². The minimum absolute atomic E-state index is 0.000529. The highest BCUT2D eigenvalue weighted by molar-refractivity contribution is 5.96. The predicted molar refractivity (Wildman–Crippen MR) is 133 cm³/mol. The summed E-state index contributed by atoms with van der Waals surface area (Å²) in [5, 5.41) is 9.20. The molecule has 0 bridgehead atoms. The molecule has 2 saturated carbocycles. The van der Waals surface area contributed by atoms with E-state index in [0.717, 1.165) is 32.2 Å². The summed E-state index contributed by atoms with van der Waals surface area (Å²) in [4.78, 5) is 28.6. The molecule has 2 amide bonds. The van der Waals surface area contributed by atoms with E-state index in [9.17, 15) is 10.1 Å². The number of aromatic nitrogens is 2. The largest absolute Gasteiger partial charge is 0.479 e. The van der Waals surface area contributed by atoms with Crippen molar-refractivity contribution in [2.24, 2.45) is 5.92 Å². The van der Waals surface area contributed by atoms with Crippen LogP contribution in [-0.4, -0.2) is 65.6 Å². The van der Waals surface area contributed by atoms with Crippen LogP contribution in [0.15, 0.2) is 36.5 Å². The van der Waals surface area contributed by atoms with E-state index in [1.54, 1.807) is 11.1 Å². The zero-order chi connectivity index (χ0) is 24.6. The molecule has 8 heteroatoms. The summed E-state index contributed by atoms with van der Waals surface area (Å²) in [5.74, 6) is 0.882. The van der Waals surface area contributed by atoms with Crippen LogP contribution in [0.4, 0.5) is 10.5 Å². The van der Waals surface area contributed by atoms with E-state index in [2.05, 4.69) is 64.2 Å². The standard InChI is InChI=1S/C27H34N6O2/c1-31(2)27(21-10-5-4-6-11-21)14-12-26(13-15-27)19-32(25(34)33(26)18-20-8-7-9-20)22-17-29-23(16-28)30-24(22)35-3/h4-6,10-11,17,20H,7-9,12-15,18-19H2,1-3H3. The fourth-order valence-corrected chi connectivity index (χ4v) is 6.24. The third-order valence-corrected chi connectivity index (χ3v) is 8.65. The Morgan fingerprint density at radius 1 is 1.17 bits per heavy atom. The molecule has 0 atom stereocenters. The van der Waals surface area contributed by atoms with E-state index < -0.39 is 0 Å². The van der Waals surface area contributed by atoms with Crippen molar-refractivity contribution in [1.29, 1.82) is 5.26 Å². The Morgan fingerprint density at radius 3 is 2.46 bits per heavy atom. The molecule has 0 unspecified atom stereocenters. The van der Waals surface area contributed by atoms with Gasteiger partial charge in [-0.2, -0.15) is 10.2 Å². The van der Waals surface area contributed by atoms with Crippen LogP contribution in [0.1, 0.15) is 56.3 Å². The molecule has 2 heterocycles. The zero-order valence-corrected chi connectivity index (χ0v) is 20.9. The molecule has 35 heavy (non-hydrogen) atoms. The van der Waals surface area contributed by atoms with Crippen molar-refractivity contribution in [3.63, 3.8) is 0 Å². The quantitative estimate of drug-likeness (QED) is 0.625. The van der Waals surface area contributed by atoms with Crippen molar-refractivity contribution in [3.8, 4) is 11.9 Å². The summed E-state index contributed by atoms with van der Waals surface area (Å²) < 4.78 is 5.47. The van der Waals surface area contributed by atoms with Crippen molar-refractivity contribution in [3.05, 3.63) is 47.9 Å². The third kappa shape index (κ3) is 3.92. The summed E-state index contributed by atoms with van der Waals surface area (Å²) in [5.41, 5.74) is 1.61. The second-order valence-corrected chi connectivity index (χ2v) is 10.5. The molecule has 0 N–H and O–H groups in total. The third-order valence-electron chi connectivity index (χ3n) is 8.65. The highest BCUT2D eigenvalue weighted by Gasteiger charge is 2.55. The minimum Gasteiger partial charge on any atom is -0.479 e. The summed E-state index contributed by atoms with van der Waals surface area (Å²) >= 11 is 0. The van der Waals surface area contributed by atoms with Crippen LogP contribution < -0.4 is 9.64 Å². The molecule has 2 aliphatic carbocycles. The molecular weight excluding hydrogens is 440 g/mol. The normalized spacial score (nSPS) is 26.8. The second kappa shape index (κ2) is 9.12. The van der Waals surface area contributed by atoms with Gasteiger partial charge in [-0.1, -0.05) is 36.8 Å². The molecule has 1 saturated heterocycles. The van der Waals surface area contributed by atoms with Crippen LogP contribution in [-0.2, 0) is 5.54 Å². The number of benzene rings is 1. The number of carbonyl (C=O) groups excluding carboxylic acids is 1. The molecule has 3 fully saturated rings. The molecular formula is C27H34N6O2. The zero-order valence-electron chi connectivity index (χ0n) is 20.9. The monoisotopic (exact) mass is 474 g/mol. The summed E-state index contributed by atoms with van der Waals surface area (Å²) in [6.07, 6.45) is 8.99. The van der Waals surface area contributed by atoms with Gasteiger partial charge in [-0.3, -0.25) is 9.80 Å². The van der Waals surface area contributed by atoms with Crippen molar-refractivity contribution >= 4 is 11.7 Å². The Kier molecular flexibility index (Phi) is 6.14. The van der Waals surface area contributed by atoms with Gasteiger partial charge in [0.05, 0.1) is 25.4 Å². The number of hydrogen-bond donors (Lipinski definition) is 0. The number of nitrogens with zero attached hydrogens (tertiary/aromatic N) is 6. The Hall–Kier alpha value is -3.18. The summed E-state index contributed by atoms with van der Waals surface area (Å²) in [6.45, 7) is 1.39. The van der Waals surface area contributed by atoms with Gasteiger partial charge in [0.1, 0.15) is 11.8 Å². The van der Waals surface area contributed by atoms with Crippen LogP contribution in [0, 0.1) is 17.2 Å². The van der Waals surface area contributed by atoms with E-state index >= 15 is 0 Å². The number of urea groups is 1. The SMILES string of the molecule is COc1nc(C#N)ncc1N1CC2(CCC(c3ccccc3)(N(C)C)CC2)N(CC2CCC2)C1=O. The summed E-state index contributed by atoms with van der Waals surface area (Å²) in [7, 11) is 5.85. The van der Waals surface area contributed by atoms with Gasteiger partial charge in [0.25, 0.3) is 0 Å². The number of carbonyl (C=O) groups is 1. The maximum atomic E-state index is 13.9. The Morgan fingerprint density at radius 2 is 1.89 bits per heavy atom. The van der Waals surface area contributed by atoms with Crippen molar-refractivity contribution in [2.75, 3.05) is 39.2 Å². The van der Waals surface area contributed by atoms with Crippen molar-refractivity contribution < 1.29 is 9.53 Å². The molecule has 2 aromatic rings. The number of ether oxygens (including phenoxy) is 1. The van der Waals surface area contributed by atoms with Crippen molar-refractivity contribution in [1.82, 2.24) is 19.8 Å². The van der Waals surface area contributed by atoms with Gasteiger partial charge in [0, 0.05) is 12.1 Å². The first kappa shape index (κ1) is 23.6. The predicted octanol–water partition coefficient (Wildman–Crippen LogP) is 4.17. The van der Waals surface area contributed by atoms with Gasteiger partial charge < -0.3 is 9.64 Å². The number of nitriles is 1. The first-order valence-corrected chi connectivity index (χ1v) is 12.6.